The number of thioether (sulfide) groups is 1. The maximum absolute atomic E-state index is 14.2. The molecule has 0 aromatic heterocycles. The van der Waals surface area contributed by atoms with Gasteiger partial charge in [0.2, 0.25) is 6.79 Å². The first-order chi connectivity index (χ1) is 13.4. The number of rotatable bonds is 8. The third kappa shape index (κ3) is 5.62. The number of halogens is 1. The van der Waals surface area contributed by atoms with Gasteiger partial charge in [-0.2, -0.15) is 11.8 Å². The quantitative estimate of drug-likeness (QED) is 0.389. The number of benzene rings is 1. The van der Waals surface area contributed by atoms with Gasteiger partial charge in [0.05, 0.1) is 12.4 Å². The Labute approximate surface area is 165 Å². The Hall–Kier alpha value is -2.27. The fourth-order valence-electron chi connectivity index (χ4n) is 2.74. The lowest BCUT2D eigenvalue weighted by molar-refractivity contribution is -0.116. The molecule has 8 nitrogen and oxygen atoms in total. The van der Waals surface area contributed by atoms with E-state index in [-0.39, 0.29) is 31.0 Å². The minimum Gasteiger partial charge on any atom is -0.535 e. The predicted molar refractivity (Wildman–Crippen MR) is 98.9 cm³/mol. The fourth-order valence-corrected chi connectivity index (χ4v) is 3.18. The molecule has 0 saturated heterocycles. The standard InChI is InChI=1S/C17H20BFO8S/c1-3-24-17(22)26-9-25-16(21)14-13(19)5-4-10-6-11(7-12(20)8-28-2)18(23)27-15(10)14/h4-5,11,23H,3,6-9H2,1-2H3/t11-/m1/s1. The van der Waals surface area contributed by atoms with E-state index in [1.54, 1.807) is 13.2 Å². The zero-order valence-electron chi connectivity index (χ0n) is 15.4. The third-order valence-corrected chi connectivity index (χ3v) is 4.55. The molecule has 0 unspecified atom stereocenters. The van der Waals surface area contributed by atoms with Gasteiger partial charge in [-0.05, 0) is 31.2 Å². The van der Waals surface area contributed by atoms with E-state index in [2.05, 4.69) is 9.47 Å². The molecule has 0 aliphatic carbocycles. The normalized spacial score (nSPS) is 15.3. The molecule has 2 rings (SSSR count). The van der Waals surface area contributed by atoms with Crippen LogP contribution in [-0.2, 0) is 25.4 Å². The zero-order chi connectivity index (χ0) is 20.7. The van der Waals surface area contributed by atoms with Gasteiger partial charge >= 0.3 is 19.2 Å². The summed E-state index contributed by atoms with van der Waals surface area (Å²) < 4.78 is 33.3. The first-order valence-corrected chi connectivity index (χ1v) is 9.90. The van der Waals surface area contributed by atoms with Crippen LogP contribution >= 0.6 is 11.8 Å². The number of ketones is 1. The van der Waals surface area contributed by atoms with E-state index in [0.717, 1.165) is 6.07 Å². The van der Waals surface area contributed by atoms with Gasteiger partial charge in [-0.15, -0.1) is 0 Å². The van der Waals surface area contributed by atoms with Crippen molar-refractivity contribution in [3.63, 3.8) is 0 Å². The lowest BCUT2D eigenvalue weighted by Gasteiger charge is -2.28. The first kappa shape index (κ1) is 22.0. The summed E-state index contributed by atoms with van der Waals surface area (Å²) in [5.74, 6) is -2.42. The molecule has 1 aromatic rings. The van der Waals surface area contributed by atoms with Crippen LogP contribution in [0.5, 0.6) is 5.75 Å². The van der Waals surface area contributed by atoms with Crippen LogP contribution in [0.4, 0.5) is 9.18 Å². The summed E-state index contributed by atoms with van der Waals surface area (Å²) in [4.78, 5) is 35.1. The average Bonchev–Trinajstić information content (AvgIpc) is 2.63. The SMILES string of the molecule is CCOC(=O)OCOC(=O)c1c(F)ccc2c1OB(O)[C@@H](CC(=O)CSC)C2. The van der Waals surface area contributed by atoms with Crippen molar-refractivity contribution in [1.29, 1.82) is 0 Å². The summed E-state index contributed by atoms with van der Waals surface area (Å²) >= 11 is 1.38. The second kappa shape index (κ2) is 10.3. The molecule has 0 amide bonds. The molecule has 0 spiro atoms. The van der Waals surface area contributed by atoms with Crippen LogP contribution in [0, 0.1) is 5.82 Å². The highest BCUT2D eigenvalue weighted by molar-refractivity contribution is 7.99. The molecule has 1 heterocycles. The van der Waals surface area contributed by atoms with E-state index in [4.69, 9.17) is 9.39 Å². The second-order valence-corrected chi connectivity index (χ2v) is 6.80. The Kier molecular flexibility index (Phi) is 8.12. The molecule has 1 aromatic carbocycles. The van der Waals surface area contributed by atoms with Gasteiger partial charge in [-0.25, -0.2) is 14.0 Å². The summed E-state index contributed by atoms with van der Waals surface area (Å²) in [6, 6.07) is 2.50. The molecular formula is C17H20BFO8S. The van der Waals surface area contributed by atoms with Gasteiger partial charge in [-0.1, -0.05) is 6.07 Å². The fraction of sp³-hybridized carbons (Fsp3) is 0.471. The van der Waals surface area contributed by atoms with Gasteiger partial charge in [0.15, 0.2) is 0 Å². The van der Waals surface area contributed by atoms with E-state index < -0.39 is 43.2 Å². The molecule has 0 bridgehead atoms. The number of hydrogen-bond donors (Lipinski definition) is 1. The van der Waals surface area contributed by atoms with Crippen molar-refractivity contribution in [1.82, 2.24) is 0 Å². The third-order valence-electron chi connectivity index (χ3n) is 3.94. The number of esters is 1. The second-order valence-electron chi connectivity index (χ2n) is 5.94. The van der Waals surface area contributed by atoms with Crippen LogP contribution in [-0.4, -0.2) is 55.5 Å². The molecule has 0 fully saturated rings. The Morgan fingerprint density at radius 1 is 1.32 bits per heavy atom. The van der Waals surface area contributed by atoms with Crippen LogP contribution < -0.4 is 4.65 Å². The number of Topliss-reactive ketones (excluding diaryl/α,β-unsaturated/α-hetero) is 1. The summed E-state index contributed by atoms with van der Waals surface area (Å²) in [6.07, 6.45) is 1.10. The van der Waals surface area contributed by atoms with Crippen molar-refractivity contribution in [2.45, 2.75) is 25.6 Å². The van der Waals surface area contributed by atoms with Gasteiger partial charge in [0.25, 0.3) is 0 Å². The average molecular weight is 414 g/mol. The molecule has 1 aliphatic rings. The minimum absolute atomic E-state index is 0.0403. The summed E-state index contributed by atoms with van der Waals surface area (Å²) in [7, 11) is -1.37. The summed E-state index contributed by atoms with van der Waals surface area (Å²) in [6.45, 7) is 0.887. The highest BCUT2D eigenvalue weighted by atomic mass is 32.2. The first-order valence-electron chi connectivity index (χ1n) is 8.50. The van der Waals surface area contributed by atoms with Gasteiger partial charge in [0, 0.05) is 12.2 Å². The van der Waals surface area contributed by atoms with E-state index >= 15 is 0 Å². The van der Waals surface area contributed by atoms with Crippen LogP contribution in [0.2, 0.25) is 5.82 Å². The lowest BCUT2D eigenvalue weighted by Crippen LogP contribution is -2.36. The maximum Gasteiger partial charge on any atom is 0.526 e. The van der Waals surface area contributed by atoms with Gasteiger partial charge in [-0.3, -0.25) is 4.79 Å². The lowest BCUT2D eigenvalue weighted by atomic mass is 9.64. The number of hydrogen-bond acceptors (Lipinski definition) is 9. The van der Waals surface area contributed by atoms with E-state index in [1.807, 2.05) is 0 Å². The molecule has 0 radical (unpaired) electrons. The Balaban J connectivity index is 2.11. The smallest absolute Gasteiger partial charge is 0.526 e. The largest absolute Gasteiger partial charge is 0.535 e. The highest BCUT2D eigenvalue weighted by Crippen LogP contribution is 2.37. The van der Waals surface area contributed by atoms with Crippen LogP contribution in [0.15, 0.2) is 12.1 Å². The molecular weight excluding hydrogens is 394 g/mol. The molecule has 1 N–H and O–H groups in total. The number of carbonyl (C=O) groups excluding carboxylic acids is 3. The van der Waals surface area contributed by atoms with Crippen molar-refractivity contribution >= 4 is 36.8 Å². The molecule has 1 aliphatic heterocycles. The van der Waals surface area contributed by atoms with Crippen molar-refractivity contribution in [3.05, 3.63) is 29.1 Å². The molecule has 152 valence electrons. The Morgan fingerprint density at radius 3 is 2.75 bits per heavy atom. The van der Waals surface area contributed by atoms with E-state index in [0.29, 0.717) is 11.3 Å². The minimum atomic E-state index is -1.37. The van der Waals surface area contributed by atoms with Crippen LogP contribution in [0.1, 0.15) is 29.3 Å². The maximum atomic E-state index is 14.2. The van der Waals surface area contributed by atoms with Crippen LogP contribution in [0.3, 0.4) is 0 Å². The topological polar surface area (TPSA) is 108 Å². The van der Waals surface area contributed by atoms with Gasteiger partial charge < -0.3 is 23.9 Å². The van der Waals surface area contributed by atoms with Crippen molar-refractivity contribution in [2.75, 3.05) is 25.4 Å². The summed E-state index contributed by atoms with van der Waals surface area (Å²) in [5.41, 5.74) is -0.0511. The molecule has 1 atom stereocenters. The predicted octanol–water partition coefficient (Wildman–Crippen LogP) is 2.22. The highest BCUT2D eigenvalue weighted by Gasteiger charge is 2.38. The van der Waals surface area contributed by atoms with Crippen LogP contribution in [0.25, 0.3) is 0 Å². The van der Waals surface area contributed by atoms with Crippen molar-refractivity contribution in [3.8, 4) is 5.75 Å². The van der Waals surface area contributed by atoms with Gasteiger partial charge in [0.1, 0.15) is 22.9 Å². The monoisotopic (exact) mass is 414 g/mol. The number of ether oxygens (including phenoxy) is 3. The molecule has 11 heteroatoms. The van der Waals surface area contributed by atoms with Crippen molar-refractivity contribution < 1.29 is 42.7 Å². The Bertz CT molecular complexity index is 744. The molecule has 28 heavy (non-hydrogen) atoms. The Morgan fingerprint density at radius 2 is 2.07 bits per heavy atom. The zero-order valence-corrected chi connectivity index (χ0v) is 16.3. The van der Waals surface area contributed by atoms with E-state index in [1.165, 1.54) is 17.8 Å². The van der Waals surface area contributed by atoms with E-state index in [9.17, 15) is 23.8 Å². The molecule has 0 saturated carbocycles. The van der Waals surface area contributed by atoms with Crippen molar-refractivity contribution in [2.24, 2.45) is 0 Å². The summed E-state index contributed by atoms with van der Waals surface area (Å²) in [5, 5.41) is 10.2. The number of carbonyl (C=O) groups is 3. The number of fused-ring (bicyclic) bond motifs is 1.